The van der Waals surface area contributed by atoms with Gasteiger partial charge in [0.15, 0.2) is 6.61 Å². The van der Waals surface area contributed by atoms with Gasteiger partial charge >= 0.3 is 5.97 Å². The standard InChI is InChI=1S/C24H29FN2O5/c1-16-13-27(17(2)12-26(16)14-18-5-7-19(25)8-6-18)23(28)15-32-22-11-20(30-3)9-10-21(22)24(29)31-4/h5-11,16-17H,12-15H2,1-4H3. The van der Waals surface area contributed by atoms with E-state index in [2.05, 4.69) is 11.8 Å². The fraction of sp³-hybridized carbons (Fsp3) is 0.417. The summed E-state index contributed by atoms with van der Waals surface area (Å²) in [5, 5.41) is 0. The molecule has 8 heteroatoms. The number of benzene rings is 2. The molecule has 0 aliphatic carbocycles. The fourth-order valence-corrected chi connectivity index (χ4v) is 3.84. The Labute approximate surface area is 187 Å². The van der Waals surface area contributed by atoms with Crippen LogP contribution in [0.3, 0.4) is 0 Å². The second kappa shape index (κ2) is 10.5. The van der Waals surface area contributed by atoms with Crippen LogP contribution in [-0.4, -0.2) is 67.7 Å². The number of halogens is 1. The minimum Gasteiger partial charge on any atom is -0.497 e. The first kappa shape index (κ1) is 23.5. The lowest BCUT2D eigenvalue weighted by Crippen LogP contribution is -2.58. The van der Waals surface area contributed by atoms with Crippen molar-refractivity contribution in [3.05, 3.63) is 59.4 Å². The molecule has 0 saturated carbocycles. The minimum atomic E-state index is -0.550. The van der Waals surface area contributed by atoms with Crippen LogP contribution < -0.4 is 9.47 Å². The van der Waals surface area contributed by atoms with E-state index in [-0.39, 0.29) is 41.7 Å². The van der Waals surface area contributed by atoms with E-state index in [1.54, 1.807) is 35.2 Å². The van der Waals surface area contributed by atoms with Crippen LogP contribution in [0, 0.1) is 5.82 Å². The van der Waals surface area contributed by atoms with Gasteiger partial charge in [-0.1, -0.05) is 12.1 Å². The third-order valence-electron chi connectivity index (χ3n) is 5.68. The Balaban J connectivity index is 1.63. The third kappa shape index (κ3) is 5.56. The van der Waals surface area contributed by atoms with Crippen molar-refractivity contribution in [2.75, 3.05) is 33.9 Å². The Morgan fingerprint density at radius 2 is 1.75 bits per heavy atom. The van der Waals surface area contributed by atoms with E-state index in [0.29, 0.717) is 25.4 Å². The van der Waals surface area contributed by atoms with Crippen LogP contribution in [0.2, 0.25) is 0 Å². The predicted octanol–water partition coefficient (Wildman–Crippen LogP) is 3.12. The van der Waals surface area contributed by atoms with Crippen LogP contribution in [0.5, 0.6) is 11.5 Å². The van der Waals surface area contributed by atoms with E-state index >= 15 is 0 Å². The highest BCUT2D eigenvalue weighted by molar-refractivity contribution is 5.93. The zero-order valence-corrected chi connectivity index (χ0v) is 18.8. The molecular formula is C24H29FN2O5. The van der Waals surface area contributed by atoms with Gasteiger partial charge in [0.05, 0.1) is 14.2 Å². The summed E-state index contributed by atoms with van der Waals surface area (Å²) in [7, 11) is 2.80. The van der Waals surface area contributed by atoms with E-state index in [1.165, 1.54) is 26.4 Å². The highest BCUT2D eigenvalue weighted by Gasteiger charge is 2.32. The molecule has 1 amide bonds. The van der Waals surface area contributed by atoms with Gasteiger partial charge in [-0.25, -0.2) is 9.18 Å². The summed E-state index contributed by atoms with van der Waals surface area (Å²) in [5.41, 5.74) is 1.26. The van der Waals surface area contributed by atoms with Crippen molar-refractivity contribution >= 4 is 11.9 Å². The summed E-state index contributed by atoms with van der Waals surface area (Å²) in [5.74, 6) is -0.218. The van der Waals surface area contributed by atoms with E-state index in [4.69, 9.17) is 14.2 Å². The molecule has 172 valence electrons. The smallest absolute Gasteiger partial charge is 0.341 e. The van der Waals surface area contributed by atoms with Gasteiger partial charge in [0.2, 0.25) is 0 Å². The van der Waals surface area contributed by atoms with E-state index in [1.807, 2.05) is 6.92 Å². The molecule has 0 radical (unpaired) electrons. The molecule has 1 aliphatic rings. The Hall–Kier alpha value is -3.13. The van der Waals surface area contributed by atoms with Gasteiger partial charge in [0.1, 0.15) is 22.9 Å². The van der Waals surface area contributed by atoms with Gasteiger partial charge in [-0.15, -0.1) is 0 Å². The lowest BCUT2D eigenvalue weighted by atomic mass is 10.1. The average Bonchev–Trinajstić information content (AvgIpc) is 2.80. The quantitative estimate of drug-likeness (QED) is 0.612. The zero-order valence-electron chi connectivity index (χ0n) is 18.8. The number of rotatable bonds is 7. The van der Waals surface area contributed by atoms with Gasteiger partial charge < -0.3 is 19.1 Å². The summed E-state index contributed by atoms with van der Waals surface area (Å²) in [4.78, 5) is 29.0. The van der Waals surface area contributed by atoms with Crippen LogP contribution in [0.15, 0.2) is 42.5 Å². The van der Waals surface area contributed by atoms with Crippen LogP contribution in [0.1, 0.15) is 29.8 Å². The van der Waals surface area contributed by atoms with Crippen molar-refractivity contribution in [2.45, 2.75) is 32.5 Å². The molecule has 1 aliphatic heterocycles. The maximum Gasteiger partial charge on any atom is 0.341 e. The summed E-state index contributed by atoms with van der Waals surface area (Å²) in [6, 6.07) is 11.3. The van der Waals surface area contributed by atoms with Gasteiger partial charge in [0, 0.05) is 37.8 Å². The minimum absolute atomic E-state index is 0.0202. The molecule has 2 aromatic carbocycles. The van der Waals surface area contributed by atoms with Crippen molar-refractivity contribution in [3.8, 4) is 11.5 Å². The molecule has 1 heterocycles. The van der Waals surface area contributed by atoms with Crippen LogP contribution in [0.4, 0.5) is 4.39 Å². The Bertz CT molecular complexity index is 950. The van der Waals surface area contributed by atoms with Crippen molar-refractivity contribution < 1.29 is 28.2 Å². The summed E-state index contributed by atoms with van der Waals surface area (Å²) >= 11 is 0. The molecule has 7 nitrogen and oxygen atoms in total. The van der Waals surface area contributed by atoms with Gasteiger partial charge in [0.25, 0.3) is 5.91 Å². The number of esters is 1. The highest BCUT2D eigenvalue weighted by Crippen LogP contribution is 2.26. The molecule has 0 aromatic heterocycles. The van der Waals surface area contributed by atoms with Crippen LogP contribution >= 0.6 is 0 Å². The SMILES string of the molecule is COC(=O)c1ccc(OC)cc1OCC(=O)N1CC(C)N(Cc2ccc(F)cc2)CC1C. The molecule has 1 fully saturated rings. The first-order valence-electron chi connectivity index (χ1n) is 10.5. The van der Waals surface area contributed by atoms with E-state index in [0.717, 1.165) is 5.56 Å². The first-order valence-corrected chi connectivity index (χ1v) is 10.5. The number of piperazine rings is 1. The summed E-state index contributed by atoms with van der Waals surface area (Å²) < 4.78 is 28.9. The number of carbonyl (C=O) groups excluding carboxylic acids is 2. The third-order valence-corrected chi connectivity index (χ3v) is 5.68. The molecule has 2 atom stereocenters. The number of hydrogen-bond donors (Lipinski definition) is 0. The normalized spacial score (nSPS) is 18.8. The Morgan fingerprint density at radius 3 is 2.41 bits per heavy atom. The topological polar surface area (TPSA) is 68.3 Å². The van der Waals surface area contributed by atoms with E-state index < -0.39 is 5.97 Å². The molecular weight excluding hydrogens is 415 g/mol. The fourth-order valence-electron chi connectivity index (χ4n) is 3.84. The number of ether oxygens (including phenoxy) is 3. The molecule has 2 aromatic rings. The molecule has 1 saturated heterocycles. The zero-order chi connectivity index (χ0) is 23.3. The highest BCUT2D eigenvalue weighted by atomic mass is 19.1. The second-order valence-electron chi connectivity index (χ2n) is 7.94. The number of hydrogen-bond acceptors (Lipinski definition) is 6. The maximum atomic E-state index is 13.2. The molecule has 2 unspecified atom stereocenters. The monoisotopic (exact) mass is 444 g/mol. The Kier molecular flexibility index (Phi) is 7.69. The number of amides is 1. The van der Waals surface area contributed by atoms with Crippen molar-refractivity contribution in [3.63, 3.8) is 0 Å². The average molecular weight is 445 g/mol. The molecule has 0 spiro atoms. The largest absolute Gasteiger partial charge is 0.497 e. The van der Waals surface area contributed by atoms with Crippen molar-refractivity contribution in [1.82, 2.24) is 9.80 Å². The maximum absolute atomic E-state index is 13.2. The Morgan fingerprint density at radius 1 is 1.03 bits per heavy atom. The second-order valence-corrected chi connectivity index (χ2v) is 7.94. The van der Waals surface area contributed by atoms with Crippen LogP contribution in [0.25, 0.3) is 0 Å². The number of carbonyl (C=O) groups is 2. The lowest BCUT2D eigenvalue weighted by Gasteiger charge is -2.44. The summed E-state index contributed by atoms with van der Waals surface area (Å²) in [6.45, 7) is 5.78. The molecule has 0 N–H and O–H groups in total. The van der Waals surface area contributed by atoms with Gasteiger partial charge in [-0.05, 0) is 43.7 Å². The van der Waals surface area contributed by atoms with Crippen molar-refractivity contribution in [2.24, 2.45) is 0 Å². The molecule has 32 heavy (non-hydrogen) atoms. The van der Waals surface area contributed by atoms with E-state index in [9.17, 15) is 14.0 Å². The molecule has 3 rings (SSSR count). The van der Waals surface area contributed by atoms with Crippen LogP contribution in [-0.2, 0) is 16.1 Å². The predicted molar refractivity (Wildman–Crippen MR) is 117 cm³/mol. The van der Waals surface area contributed by atoms with Gasteiger partial charge in [-0.3, -0.25) is 9.69 Å². The molecule has 0 bridgehead atoms. The van der Waals surface area contributed by atoms with Crippen molar-refractivity contribution in [1.29, 1.82) is 0 Å². The van der Waals surface area contributed by atoms with Gasteiger partial charge in [-0.2, -0.15) is 0 Å². The number of methoxy groups -OCH3 is 2. The lowest BCUT2D eigenvalue weighted by molar-refractivity contribution is -0.139. The number of nitrogens with zero attached hydrogens (tertiary/aromatic N) is 2. The first-order chi connectivity index (χ1) is 15.3. The summed E-state index contributed by atoms with van der Waals surface area (Å²) in [6.07, 6.45) is 0.